The monoisotopic (exact) mass is 371 g/mol. The molecule has 0 saturated heterocycles. The summed E-state index contributed by atoms with van der Waals surface area (Å²) >= 11 is 1.37. The van der Waals surface area contributed by atoms with Gasteiger partial charge in [-0.05, 0) is 38.1 Å². The van der Waals surface area contributed by atoms with Gasteiger partial charge in [-0.15, -0.1) is 11.3 Å². The topological polar surface area (TPSA) is 94.3 Å². The fourth-order valence-corrected chi connectivity index (χ4v) is 3.26. The van der Waals surface area contributed by atoms with Crippen LogP contribution < -0.4 is 10.1 Å². The number of hydrogen-bond acceptors (Lipinski definition) is 7. The molecule has 0 aliphatic rings. The molecule has 0 aliphatic carbocycles. The van der Waals surface area contributed by atoms with Gasteiger partial charge in [0.2, 0.25) is 0 Å². The average Bonchev–Trinajstić information content (AvgIpc) is 3.19. The molecule has 0 bridgehead atoms. The van der Waals surface area contributed by atoms with E-state index in [0.29, 0.717) is 22.2 Å². The predicted octanol–water partition coefficient (Wildman–Crippen LogP) is 3.64. The molecule has 2 heterocycles. The molecule has 8 heteroatoms. The van der Waals surface area contributed by atoms with Crippen LogP contribution in [0.1, 0.15) is 28.0 Å². The van der Waals surface area contributed by atoms with Gasteiger partial charge in [0.1, 0.15) is 16.5 Å². The van der Waals surface area contributed by atoms with Crippen LogP contribution in [0.15, 0.2) is 34.9 Å². The highest BCUT2D eigenvalue weighted by atomic mass is 32.1. The zero-order valence-corrected chi connectivity index (χ0v) is 15.3. The second-order valence-electron chi connectivity index (χ2n) is 5.67. The number of benzene rings is 1. The van der Waals surface area contributed by atoms with Crippen LogP contribution in [-0.2, 0) is 4.79 Å². The first-order valence-corrected chi connectivity index (χ1v) is 8.69. The van der Waals surface area contributed by atoms with Gasteiger partial charge < -0.3 is 14.6 Å². The molecule has 1 aromatic carbocycles. The Bertz CT molecular complexity index is 944. The number of amides is 1. The molecule has 3 rings (SSSR count). The Labute approximate surface area is 154 Å². The van der Waals surface area contributed by atoms with Crippen molar-refractivity contribution in [2.45, 2.75) is 20.8 Å². The number of carbonyl (C=O) groups is 2. The van der Waals surface area contributed by atoms with Crippen molar-refractivity contribution < 1.29 is 18.8 Å². The maximum Gasteiger partial charge on any atom is 0.263 e. The Balaban J connectivity index is 1.60. The van der Waals surface area contributed by atoms with E-state index in [0.717, 1.165) is 16.3 Å². The third-order valence-corrected chi connectivity index (χ3v) is 4.79. The minimum Gasteiger partial charge on any atom is -0.484 e. The maximum absolute atomic E-state index is 11.8. The number of aryl methyl sites for hydroxylation is 2. The van der Waals surface area contributed by atoms with E-state index in [-0.39, 0.29) is 18.3 Å². The van der Waals surface area contributed by atoms with Gasteiger partial charge in [-0.3, -0.25) is 9.59 Å². The van der Waals surface area contributed by atoms with Gasteiger partial charge in [0.05, 0.1) is 10.6 Å². The standard InChI is InChI=1S/C18H17N3O4S/c1-10-8-15(21-25-10)20-16(23)9-24-14-6-4-13(5-7-14)18-19-11(2)17(26-18)12(3)22/h4-8H,9H2,1-3H3,(H,20,21,23). The van der Waals surface area contributed by atoms with Gasteiger partial charge in [0, 0.05) is 18.6 Å². The number of ketones is 1. The van der Waals surface area contributed by atoms with Crippen LogP contribution in [0.5, 0.6) is 5.75 Å². The van der Waals surface area contributed by atoms with E-state index in [9.17, 15) is 9.59 Å². The van der Waals surface area contributed by atoms with E-state index < -0.39 is 0 Å². The van der Waals surface area contributed by atoms with Crippen molar-refractivity contribution in [2.24, 2.45) is 0 Å². The number of anilines is 1. The molecule has 0 aliphatic heterocycles. The summed E-state index contributed by atoms with van der Waals surface area (Å²) in [5.74, 6) is 1.21. The summed E-state index contributed by atoms with van der Waals surface area (Å²) in [5.41, 5.74) is 1.62. The predicted molar refractivity (Wildman–Crippen MR) is 97.7 cm³/mol. The summed E-state index contributed by atoms with van der Waals surface area (Å²) in [6.07, 6.45) is 0. The Morgan fingerprint density at radius 1 is 1.23 bits per heavy atom. The molecular formula is C18H17N3O4S. The lowest BCUT2D eigenvalue weighted by atomic mass is 10.2. The van der Waals surface area contributed by atoms with Crippen LogP contribution in [0.2, 0.25) is 0 Å². The van der Waals surface area contributed by atoms with E-state index in [4.69, 9.17) is 9.26 Å². The van der Waals surface area contributed by atoms with Crippen molar-refractivity contribution in [3.05, 3.63) is 46.7 Å². The highest BCUT2D eigenvalue weighted by molar-refractivity contribution is 7.17. The van der Waals surface area contributed by atoms with Gasteiger partial charge in [0.15, 0.2) is 18.2 Å². The van der Waals surface area contributed by atoms with Crippen molar-refractivity contribution in [1.29, 1.82) is 0 Å². The van der Waals surface area contributed by atoms with Crippen LogP contribution in [0.4, 0.5) is 5.82 Å². The molecule has 2 aromatic heterocycles. The molecule has 0 radical (unpaired) electrons. The van der Waals surface area contributed by atoms with Gasteiger partial charge in [-0.25, -0.2) is 4.98 Å². The van der Waals surface area contributed by atoms with E-state index in [1.54, 1.807) is 25.1 Å². The van der Waals surface area contributed by atoms with Crippen molar-refractivity contribution >= 4 is 28.8 Å². The minimum absolute atomic E-state index is 0.0134. The lowest BCUT2D eigenvalue weighted by Gasteiger charge is -2.06. The highest BCUT2D eigenvalue weighted by Gasteiger charge is 2.13. The Hall–Kier alpha value is -3.00. The molecule has 0 saturated carbocycles. The Kier molecular flexibility index (Phi) is 5.13. The molecule has 0 spiro atoms. The van der Waals surface area contributed by atoms with E-state index >= 15 is 0 Å². The SMILES string of the molecule is CC(=O)c1sc(-c2ccc(OCC(=O)Nc3cc(C)on3)cc2)nc1C. The second-order valence-corrected chi connectivity index (χ2v) is 6.67. The van der Waals surface area contributed by atoms with E-state index in [2.05, 4.69) is 15.5 Å². The number of rotatable bonds is 6. The normalized spacial score (nSPS) is 10.6. The number of carbonyl (C=O) groups excluding carboxylic acids is 2. The second kappa shape index (κ2) is 7.49. The summed E-state index contributed by atoms with van der Waals surface area (Å²) in [6.45, 7) is 4.95. The molecule has 0 unspecified atom stereocenters. The van der Waals surface area contributed by atoms with Crippen LogP contribution in [0, 0.1) is 13.8 Å². The number of nitrogens with zero attached hydrogens (tertiary/aromatic N) is 2. The number of aromatic nitrogens is 2. The summed E-state index contributed by atoms with van der Waals surface area (Å²) in [7, 11) is 0. The van der Waals surface area contributed by atoms with Crippen LogP contribution in [0.25, 0.3) is 10.6 Å². The first-order chi connectivity index (χ1) is 12.4. The van der Waals surface area contributed by atoms with Crippen LogP contribution in [0.3, 0.4) is 0 Å². The lowest BCUT2D eigenvalue weighted by Crippen LogP contribution is -2.20. The Morgan fingerprint density at radius 2 is 1.96 bits per heavy atom. The fourth-order valence-electron chi connectivity index (χ4n) is 2.29. The van der Waals surface area contributed by atoms with Crippen LogP contribution >= 0.6 is 11.3 Å². The van der Waals surface area contributed by atoms with Crippen molar-refractivity contribution in [3.8, 4) is 16.3 Å². The molecule has 3 aromatic rings. The molecule has 0 fully saturated rings. The largest absolute Gasteiger partial charge is 0.484 e. The molecule has 0 atom stereocenters. The number of nitrogens with one attached hydrogen (secondary N) is 1. The quantitative estimate of drug-likeness (QED) is 0.665. The first kappa shape index (κ1) is 17.8. The summed E-state index contributed by atoms with van der Waals surface area (Å²) < 4.78 is 10.3. The number of thiazole rings is 1. The third-order valence-electron chi connectivity index (χ3n) is 3.48. The smallest absolute Gasteiger partial charge is 0.263 e. The van der Waals surface area contributed by atoms with Crippen molar-refractivity contribution in [1.82, 2.24) is 10.1 Å². The first-order valence-electron chi connectivity index (χ1n) is 7.87. The molecule has 1 amide bonds. The maximum atomic E-state index is 11.8. The molecule has 26 heavy (non-hydrogen) atoms. The number of ether oxygens (including phenoxy) is 1. The molecule has 7 nitrogen and oxygen atoms in total. The minimum atomic E-state index is -0.330. The lowest BCUT2D eigenvalue weighted by molar-refractivity contribution is -0.118. The molecular weight excluding hydrogens is 354 g/mol. The zero-order chi connectivity index (χ0) is 18.7. The number of Topliss-reactive ketones (excluding diaryl/α,β-unsaturated/α-hetero) is 1. The van der Waals surface area contributed by atoms with Crippen LogP contribution in [-0.4, -0.2) is 28.4 Å². The van der Waals surface area contributed by atoms with Crippen molar-refractivity contribution in [2.75, 3.05) is 11.9 Å². The van der Waals surface area contributed by atoms with Gasteiger partial charge >= 0.3 is 0 Å². The number of hydrogen-bond donors (Lipinski definition) is 1. The zero-order valence-electron chi connectivity index (χ0n) is 14.5. The fraction of sp³-hybridized carbons (Fsp3) is 0.222. The summed E-state index contributed by atoms with van der Waals surface area (Å²) in [5, 5.41) is 7.04. The molecule has 1 N–H and O–H groups in total. The molecule has 134 valence electrons. The average molecular weight is 371 g/mol. The van der Waals surface area contributed by atoms with E-state index in [1.165, 1.54) is 18.3 Å². The summed E-state index contributed by atoms with van der Waals surface area (Å²) in [4.78, 5) is 28.5. The van der Waals surface area contributed by atoms with Gasteiger partial charge in [0.25, 0.3) is 5.91 Å². The Morgan fingerprint density at radius 3 is 2.54 bits per heavy atom. The van der Waals surface area contributed by atoms with Gasteiger partial charge in [-0.2, -0.15) is 0 Å². The third kappa shape index (κ3) is 4.15. The van der Waals surface area contributed by atoms with E-state index in [1.807, 2.05) is 19.1 Å². The van der Waals surface area contributed by atoms with Crippen molar-refractivity contribution in [3.63, 3.8) is 0 Å². The van der Waals surface area contributed by atoms with Gasteiger partial charge in [-0.1, -0.05) is 5.16 Å². The highest BCUT2D eigenvalue weighted by Crippen LogP contribution is 2.29. The summed E-state index contributed by atoms with van der Waals surface area (Å²) in [6, 6.07) is 8.82.